The molecule has 0 bridgehead atoms. The first-order chi connectivity index (χ1) is 17.4. The van der Waals surface area contributed by atoms with E-state index < -0.39 is 44.5 Å². The summed E-state index contributed by atoms with van der Waals surface area (Å²) in [6.45, 7) is 0.313. The SMILES string of the molecule is O=C(CCCCCN1C(=O)C=CC1=O)Nc1ccc(O[C@H]2O[C@H](CCP(=O)(O)O)[C@@H](O)[C@H](O)[C@@H]2O)cc1. The molecule has 0 saturated carbocycles. The van der Waals surface area contributed by atoms with Gasteiger partial charge in [-0.2, -0.15) is 0 Å². The molecule has 37 heavy (non-hydrogen) atoms. The summed E-state index contributed by atoms with van der Waals surface area (Å²) < 4.78 is 22.1. The third kappa shape index (κ3) is 8.44. The van der Waals surface area contributed by atoms with Gasteiger partial charge in [0.25, 0.3) is 11.8 Å². The molecular weight excluding hydrogens is 511 g/mol. The molecule has 1 aromatic carbocycles. The molecule has 1 fully saturated rings. The smallest absolute Gasteiger partial charge is 0.325 e. The largest absolute Gasteiger partial charge is 0.462 e. The highest BCUT2D eigenvalue weighted by atomic mass is 31.2. The number of aliphatic hydroxyl groups is 3. The zero-order valence-corrected chi connectivity index (χ0v) is 20.8. The maximum Gasteiger partial charge on any atom is 0.325 e. The average molecular weight is 542 g/mol. The van der Waals surface area contributed by atoms with Crippen LogP contribution in [0.3, 0.4) is 0 Å². The van der Waals surface area contributed by atoms with E-state index in [0.717, 1.165) is 4.90 Å². The van der Waals surface area contributed by atoms with Gasteiger partial charge in [0.2, 0.25) is 12.2 Å². The molecule has 0 unspecified atom stereocenters. The highest BCUT2D eigenvalue weighted by Crippen LogP contribution is 2.37. The number of hydrogen-bond donors (Lipinski definition) is 6. The van der Waals surface area contributed by atoms with Crippen molar-refractivity contribution < 1.29 is 53.5 Å². The second-order valence-electron chi connectivity index (χ2n) is 8.85. The second-order valence-corrected chi connectivity index (χ2v) is 10.6. The highest BCUT2D eigenvalue weighted by Gasteiger charge is 2.45. The number of carbonyl (C=O) groups is 3. The number of benzene rings is 1. The van der Waals surface area contributed by atoms with Crippen LogP contribution < -0.4 is 10.1 Å². The third-order valence-electron chi connectivity index (χ3n) is 5.95. The number of imide groups is 1. The van der Waals surface area contributed by atoms with E-state index in [9.17, 15) is 34.3 Å². The van der Waals surface area contributed by atoms with E-state index in [1.54, 1.807) is 12.1 Å². The van der Waals surface area contributed by atoms with Crippen molar-refractivity contribution in [2.75, 3.05) is 18.0 Å². The lowest BCUT2D eigenvalue weighted by Gasteiger charge is -2.40. The minimum atomic E-state index is -4.36. The zero-order chi connectivity index (χ0) is 27.2. The number of carbonyl (C=O) groups excluding carboxylic acids is 3. The Morgan fingerprint density at radius 3 is 2.24 bits per heavy atom. The Kier molecular flexibility index (Phi) is 9.96. The molecule has 204 valence electrons. The van der Waals surface area contributed by atoms with Gasteiger partial charge in [-0.15, -0.1) is 0 Å². The van der Waals surface area contributed by atoms with Gasteiger partial charge in [-0.3, -0.25) is 23.8 Å². The Hall–Kier alpha value is -2.64. The fourth-order valence-electron chi connectivity index (χ4n) is 3.91. The Morgan fingerprint density at radius 1 is 0.973 bits per heavy atom. The van der Waals surface area contributed by atoms with E-state index >= 15 is 0 Å². The Morgan fingerprint density at radius 2 is 1.62 bits per heavy atom. The number of nitrogens with one attached hydrogen (secondary N) is 1. The number of hydrogen-bond acceptors (Lipinski definition) is 9. The van der Waals surface area contributed by atoms with Gasteiger partial charge in [-0.05, 0) is 43.5 Å². The minimum Gasteiger partial charge on any atom is -0.462 e. The molecule has 2 heterocycles. The first kappa shape index (κ1) is 28.9. The van der Waals surface area contributed by atoms with Crippen molar-refractivity contribution in [2.45, 2.75) is 62.8 Å². The molecule has 13 nitrogen and oxygen atoms in total. The van der Waals surface area contributed by atoms with Crippen molar-refractivity contribution in [3.63, 3.8) is 0 Å². The van der Waals surface area contributed by atoms with E-state index in [-0.39, 0.29) is 36.3 Å². The average Bonchev–Trinajstić information content (AvgIpc) is 3.16. The summed E-state index contributed by atoms with van der Waals surface area (Å²) in [6.07, 6.45) is -3.66. The minimum absolute atomic E-state index is 0.222. The van der Waals surface area contributed by atoms with Gasteiger partial charge in [0.05, 0.1) is 12.3 Å². The van der Waals surface area contributed by atoms with Crippen LogP contribution in [-0.2, 0) is 23.7 Å². The molecule has 3 rings (SSSR count). The number of amides is 3. The maximum absolute atomic E-state index is 12.2. The lowest BCUT2D eigenvalue weighted by molar-refractivity contribution is -0.272. The van der Waals surface area contributed by atoms with Crippen LogP contribution in [0.25, 0.3) is 0 Å². The van der Waals surface area contributed by atoms with Crippen molar-refractivity contribution in [3.05, 3.63) is 36.4 Å². The normalized spacial score (nSPS) is 26.0. The van der Waals surface area contributed by atoms with Crippen LogP contribution in [-0.4, -0.2) is 91.1 Å². The molecule has 5 atom stereocenters. The molecule has 6 N–H and O–H groups in total. The van der Waals surface area contributed by atoms with Gasteiger partial charge in [0.15, 0.2) is 0 Å². The monoisotopic (exact) mass is 542 g/mol. The van der Waals surface area contributed by atoms with Crippen molar-refractivity contribution in [2.24, 2.45) is 0 Å². The molecule has 1 aromatic rings. The number of ether oxygens (including phenoxy) is 2. The van der Waals surface area contributed by atoms with E-state index in [1.807, 2.05) is 0 Å². The predicted molar refractivity (Wildman–Crippen MR) is 128 cm³/mol. The second kappa shape index (κ2) is 12.7. The summed E-state index contributed by atoms with van der Waals surface area (Å²) in [5.41, 5.74) is 0.483. The van der Waals surface area contributed by atoms with Gasteiger partial charge in [0.1, 0.15) is 24.1 Å². The lowest BCUT2D eigenvalue weighted by atomic mass is 9.97. The van der Waals surface area contributed by atoms with Crippen LogP contribution in [0.4, 0.5) is 5.69 Å². The van der Waals surface area contributed by atoms with Crippen molar-refractivity contribution in [1.29, 1.82) is 0 Å². The fourth-order valence-corrected chi connectivity index (χ4v) is 4.50. The molecule has 2 aliphatic rings. The lowest BCUT2D eigenvalue weighted by Crippen LogP contribution is -2.59. The molecule has 3 amide bonds. The van der Waals surface area contributed by atoms with Gasteiger partial charge in [0, 0.05) is 30.8 Å². The standard InChI is InChI=1S/C23H31N2O11P/c26-17(4-2-1-3-12-25-18(27)9-10-19(25)28)24-14-5-7-15(8-6-14)35-23-22(31)21(30)20(29)16(36-23)11-13-37(32,33)34/h5-10,16,20-23,29-31H,1-4,11-13H2,(H,24,26)(H2,32,33,34)/t16-,20-,21+,22+,23+/m1/s1. The van der Waals surface area contributed by atoms with Crippen LogP contribution in [0.1, 0.15) is 32.1 Å². The van der Waals surface area contributed by atoms with Gasteiger partial charge in [-0.1, -0.05) is 6.42 Å². The van der Waals surface area contributed by atoms with Crippen molar-refractivity contribution >= 4 is 31.0 Å². The third-order valence-corrected chi connectivity index (χ3v) is 6.79. The number of nitrogens with zero attached hydrogens (tertiary/aromatic N) is 1. The van der Waals surface area contributed by atoms with E-state index in [2.05, 4.69) is 5.32 Å². The fraction of sp³-hybridized carbons (Fsp3) is 0.522. The van der Waals surface area contributed by atoms with Crippen molar-refractivity contribution in [3.8, 4) is 5.75 Å². The molecule has 0 spiro atoms. The molecule has 14 heteroatoms. The number of aliphatic hydroxyl groups excluding tert-OH is 3. The van der Waals surface area contributed by atoms with E-state index in [4.69, 9.17) is 19.3 Å². The van der Waals surface area contributed by atoms with E-state index in [1.165, 1.54) is 24.3 Å². The van der Waals surface area contributed by atoms with E-state index in [0.29, 0.717) is 31.5 Å². The van der Waals surface area contributed by atoms with Gasteiger partial charge >= 0.3 is 7.60 Å². The summed E-state index contributed by atoms with van der Waals surface area (Å²) in [5.74, 6) is -0.652. The van der Waals surface area contributed by atoms with Crippen LogP contribution in [0.2, 0.25) is 0 Å². The predicted octanol–water partition coefficient (Wildman–Crippen LogP) is -0.135. The van der Waals surface area contributed by atoms with Gasteiger partial charge in [-0.25, -0.2) is 0 Å². The molecule has 0 aliphatic carbocycles. The molecule has 1 saturated heterocycles. The van der Waals surface area contributed by atoms with Crippen molar-refractivity contribution in [1.82, 2.24) is 4.90 Å². The summed E-state index contributed by atoms with van der Waals surface area (Å²) in [4.78, 5) is 54.4. The zero-order valence-electron chi connectivity index (χ0n) is 19.9. The first-order valence-corrected chi connectivity index (χ1v) is 13.6. The molecule has 2 aliphatic heterocycles. The van der Waals surface area contributed by atoms with Gasteiger partial charge < -0.3 is 39.9 Å². The molecular formula is C23H31N2O11P. The number of anilines is 1. The quantitative estimate of drug-likeness (QED) is 0.117. The number of rotatable bonds is 12. The number of unbranched alkanes of at least 4 members (excludes halogenated alkanes) is 2. The topological polar surface area (TPSA) is 203 Å². The van der Waals surface area contributed by atoms with Crippen LogP contribution in [0, 0.1) is 0 Å². The summed E-state index contributed by atoms with van der Waals surface area (Å²) in [5, 5.41) is 33.1. The highest BCUT2D eigenvalue weighted by molar-refractivity contribution is 7.51. The Labute approximate surface area is 212 Å². The van der Waals surface area contributed by atoms with Crippen LogP contribution in [0.15, 0.2) is 36.4 Å². The molecule has 0 aromatic heterocycles. The molecule has 0 radical (unpaired) electrons. The Balaban J connectivity index is 1.42. The summed E-state index contributed by atoms with van der Waals surface area (Å²) in [7, 11) is -4.36. The maximum atomic E-state index is 12.2. The summed E-state index contributed by atoms with van der Waals surface area (Å²) in [6, 6.07) is 6.09. The Bertz CT molecular complexity index is 1020. The van der Waals surface area contributed by atoms with Crippen LogP contribution in [0.5, 0.6) is 5.75 Å². The van der Waals surface area contributed by atoms with Crippen LogP contribution >= 0.6 is 7.60 Å². The first-order valence-electron chi connectivity index (χ1n) is 11.8. The summed E-state index contributed by atoms with van der Waals surface area (Å²) >= 11 is 0.